The summed E-state index contributed by atoms with van der Waals surface area (Å²) in [7, 11) is 0. The minimum Gasteiger partial charge on any atom is -0.508 e. The molecule has 0 aliphatic carbocycles. The van der Waals surface area contributed by atoms with Gasteiger partial charge in [-0.2, -0.15) is 0 Å². The molecule has 0 aliphatic rings. The molecule has 2 aromatic carbocycles. The lowest BCUT2D eigenvalue weighted by molar-refractivity contribution is -0.142. The number of carboxylic acids is 1. The maximum Gasteiger partial charge on any atom is 0.326 e. The van der Waals surface area contributed by atoms with Crippen molar-refractivity contribution in [3.8, 4) is 5.75 Å². The number of aliphatic carboxylic acids is 1. The highest BCUT2D eigenvalue weighted by molar-refractivity contribution is 5.94. The van der Waals surface area contributed by atoms with E-state index in [0.29, 0.717) is 18.5 Å². The average molecular weight is 598 g/mol. The molecule has 0 saturated carbocycles. The lowest BCUT2D eigenvalue weighted by Gasteiger charge is -2.26. The fraction of sp³-hybridized carbons (Fsp3) is 0.433. The Bertz CT molecular complexity index is 1230. The molecule has 3 amide bonds. The molecule has 0 bridgehead atoms. The van der Waals surface area contributed by atoms with Crippen molar-refractivity contribution in [3.63, 3.8) is 0 Å². The minimum atomic E-state index is -1.30. The van der Waals surface area contributed by atoms with Gasteiger partial charge < -0.3 is 43.4 Å². The van der Waals surface area contributed by atoms with Crippen molar-refractivity contribution in [2.75, 3.05) is 6.54 Å². The molecule has 13 nitrogen and oxygen atoms in total. The highest BCUT2D eigenvalue weighted by Crippen LogP contribution is 2.13. The standard InChI is InChI=1S/C30H43N7O6/c1-18(2)15-23(35-26(39)22(31)9-6-14-34-30(32)33)27(40)36-24(16-19-7-4-3-5-8-19)28(41)37-25(29(42)43)17-20-10-12-21(38)13-11-20/h3-5,7-8,10-13,18,22-25,38H,6,9,14-17,31H2,1-2H3,(H,35,39)(H,36,40)(H,37,41)(H,42,43)(H4,32,33,34). The van der Waals surface area contributed by atoms with E-state index in [9.17, 15) is 29.4 Å². The zero-order valence-corrected chi connectivity index (χ0v) is 24.5. The fourth-order valence-electron chi connectivity index (χ4n) is 4.30. The number of carboxylic acid groups (broad SMARTS) is 1. The number of carbonyl (C=O) groups excluding carboxylic acids is 3. The van der Waals surface area contributed by atoms with E-state index in [4.69, 9.17) is 17.2 Å². The topological polar surface area (TPSA) is 235 Å². The maximum absolute atomic E-state index is 13.5. The number of guanidine groups is 1. The number of benzene rings is 2. The molecule has 0 heterocycles. The minimum absolute atomic E-state index is 0.0113. The van der Waals surface area contributed by atoms with E-state index in [1.807, 2.05) is 19.9 Å². The number of rotatable bonds is 17. The fourth-order valence-corrected chi connectivity index (χ4v) is 4.30. The normalized spacial score (nSPS) is 13.7. The van der Waals surface area contributed by atoms with Gasteiger partial charge in [0.15, 0.2) is 5.96 Å². The van der Waals surface area contributed by atoms with Crippen LogP contribution in [0.2, 0.25) is 0 Å². The SMILES string of the molecule is CC(C)CC(NC(=O)C(N)CCCN=C(N)N)C(=O)NC(Cc1ccccc1)C(=O)NC(Cc1ccc(O)cc1)C(=O)O. The number of phenolic OH excluding ortho intramolecular Hbond substituents is 1. The van der Waals surface area contributed by atoms with Crippen LogP contribution >= 0.6 is 0 Å². The molecule has 0 spiro atoms. The summed E-state index contributed by atoms with van der Waals surface area (Å²) >= 11 is 0. The van der Waals surface area contributed by atoms with Crippen molar-refractivity contribution in [1.82, 2.24) is 16.0 Å². The average Bonchev–Trinajstić information content (AvgIpc) is 2.95. The van der Waals surface area contributed by atoms with Crippen molar-refractivity contribution < 1.29 is 29.4 Å². The molecule has 43 heavy (non-hydrogen) atoms. The highest BCUT2D eigenvalue weighted by atomic mass is 16.4. The van der Waals surface area contributed by atoms with Crippen molar-refractivity contribution in [1.29, 1.82) is 0 Å². The Hall–Kier alpha value is -4.65. The molecule has 0 fully saturated rings. The summed E-state index contributed by atoms with van der Waals surface area (Å²) in [5.74, 6) is -3.11. The second-order valence-corrected chi connectivity index (χ2v) is 10.8. The zero-order chi connectivity index (χ0) is 31.9. The van der Waals surface area contributed by atoms with E-state index in [2.05, 4.69) is 20.9 Å². The molecular formula is C30H43N7O6. The van der Waals surface area contributed by atoms with Gasteiger partial charge in [-0.15, -0.1) is 0 Å². The first kappa shape index (κ1) is 34.6. The number of amides is 3. The Balaban J connectivity index is 2.19. The summed E-state index contributed by atoms with van der Waals surface area (Å²) in [6, 6.07) is 10.6. The molecule has 0 aromatic heterocycles. The number of nitrogens with zero attached hydrogens (tertiary/aromatic N) is 1. The third-order valence-corrected chi connectivity index (χ3v) is 6.55. The van der Waals surface area contributed by atoms with Crippen LogP contribution in [-0.4, -0.2) is 70.6 Å². The summed E-state index contributed by atoms with van der Waals surface area (Å²) in [6.07, 6.45) is 1.06. The second kappa shape index (κ2) is 17.3. The molecule has 4 atom stereocenters. The van der Waals surface area contributed by atoms with Gasteiger partial charge in [0.2, 0.25) is 17.7 Å². The Kier molecular flexibility index (Phi) is 13.9. The predicted octanol–water partition coefficient (Wildman–Crippen LogP) is 0.143. The molecule has 11 N–H and O–H groups in total. The highest BCUT2D eigenvalue weighted by Gasteiger charge is 2.31. The molecular weight excluding hydrogens is 554 g/mol. The van der Waals surface area contributed by atoms with Gasteiger partial charge in [0.05, 0.1) is 6.04 Å². The Morgan fingerprint density at radius 3 is 1.91 bits per heavy atom. The Labute approximate surface area is 251 Å². The maximum atomic E-state index is 13.5. The molecule has 0 aliphatic heterocycles. The van der Waals surface area contributed by atoms with E-state index < -0.39 is 47.9 Å². The monoisotopic (exact) mass is 597 g/mol. The van der Waals surface area contributed by atoms with Gasteiger partial charge in [0, 0.05) is 19.4 Å². The third kappa shape index (κ3) is 12.8. The van der Waals surface area contributed by atoms with Crippen LogP contribution in [0.4, 0.5) is 0 Å². The van der Waals surface area contributed by atoms with Gasteiger partial charge in [-0.05, 0) is 48.4 Å². The quantitative estimate of drug-likeness (QED) is 0.0702. The van der Waals surface area contributed by atoms with Crippen molar-refractivity contribution in [3.05, 3.63) is 65.7 Å². The lowest BCUT2D eigenvalue weighted by atomic mass is 10.00. The summed E-state index contributed by atoms with van der Waals surface area (Å²) in [5.41, 5.74) is 18.0. The largest absolute Gasteiger partial charge is 0.508 e. The van der Waals surface area contributed by atoms with E-state index in [1.54, 1.807) is 36.4 Å². The number of aliphatic imine (C=N–C) groups is 1. The van der Waals surface area contributed by atoms with Crippen LogP contribution in [0.25, 0.3) is 0 Å². The number of nitrogens with two attached hydrogens (primary N) is 3. The van der Waals surface area contributed by atoms with Crippen LogP contribution < -0.4 is 33.2 Å². The number of hydrogen-bond donors (Lipinski definition) is 8. The molecule has 0 saturated heterocycles. The van der Waals surface area contributed by atoms with E-state index in [-0.39, 0.29) is 43.3 Å². The van der Waals surface area contributed by atoms with Crippen LogP contribution in [0.5, 0.6) is 5.75 Å². The van der Waals surface area contributed by atoms with Crippen LogP contribution in [0, 0.1) is 5.92 Å². The van der Waals surface area contributed by atoms with Crippen molar-refractivity contribution in [2.24, 2.45) is 28.1 Å². The summed E-state index contributed by atoms with van der Waals surface area (Å²) in [5, 5.41) is 27.3. The van der Waals surface area contributed by atoms with Crippen molar-refractivity contribution >= 4 is 29.7 Å². The Morgan fingerprint density at radius 1 is 0.791 bits per heavy atom. The number of aromatic hydroxyl groups is 1. The molecule has 2 rings (SSSR count). The molecule has 4 unspecified atom stereocenters. The number of nitrogens with one attached hydrogen (secondary N) is 3. The first-order chi connectivity index (χ1) is 20.3. The summed E-state index contributed by atoms with van der Waals surface area (Å²) in [4.78, 5) is 55.6. The second-order valence-electron chi connectivity index (χ2n) is 10.8. The van der Waals surface area contributed by atoms with E-state index in [1.165, 1.54) is 12.1 Å². The molecule has 2 aromatic rings. The zero-order valence-electron chi connectivity index (χ0n) is 24.5. The van der Waals surface area contributed by atoms with Crippen LogP contribution in [0.15, 0.2) is 59.6 Å². The van der Waals surface area contributed by atoms with Gasteiger partial charge >= 0.3 is 5.97 Å². The molecule has 13 heteroatoms. The van der Waals surface area contributed by atoms with E-state index >= 15 is 0 Å². The predicted molar refractivity (Wildman–Crippen MR) is 163 cm³/mol. The summed E-state index contributed by atoms with van der Waals surface area (Å²) < 4.78 is 0. The number of phenols is 1. The van der Waals surface area contributed by atoms with Gasteiger partial charge in [-0.3, -0.25) is 19.4 Å². The van der Waals surface area contributed by atoms with Crippen LogP contribution in [-0.2, 0) is 32.0 Å². The first-order valence-corrected chi connectivity index (χ1v) is 14.1. The lowest BCUT2D eigenvalue weighted by Crippen LogP contribution is -2.58. The molecule has 0 radical (unpaired) electrons. The van der Waals surface area contributed by atoms with Gasteiger partial charge in [0.25, 0.3) is 0 Å². The third-order valence-electron chi connectivity index (χ3n) is 6.55. The number of hydrogen-bond acceptors (Lipinski definition) is 7. The summed E-state index contributed by atoms with van der Waals surface area (Å²) in [6.45, 7) is 4.08. The van der Waals surface area contributed by atoms with Gasteiger partial charge in [-0.25, -0.2) is 4.79 Å². The van der Waals surface area contributed by atoms with Crippen LogP contribution in [0.1, 0.15) is 44.2 Å². The smallest absolute Gasteiger partial charge is 0.326 e. The number of carbonyl (C=O) groups is 4. The molecule has 234 valence electrons. The van der Waals surface area contributed by atoms with Crippen LogP contribution in [0.3, 0.4) is 0 Å². The Morgan fingerprint density at radius 2 is 1.33 bits per heavy atom. The van der Waals surface area contributed by atoms with E-state index in [0.717, 1.165) is 5.56 Å². The van der Waals surface area contributed by atoms with Gasteiger partial charge in [-0.1, -0.05) is 56.3 Å². The van der Waals surface area contributed by atoms with Gasteiger partial charge in [0.1, 0.15) is 23.9 Å². The van der Waals surface area contributed by atoms with Crippen molar-refractivity contribution in [2.45, 2.75) is 70.1 Å². The first-order valence-electron chi connectivity index (χ1n) is 14.1.